The minimum atomic E-state index is 0.510. The van der Waals surface area contributed by atoms with Gasteiger partial charge in [-0.2, -0.15) is 4.98 Å². The Morgan fingerprint density at radius 3 is 2.76 bits per heavy atom. The SMILES string of the molecule is COc1ccc(Nc2n[nH]c(Sc3sccc3Cl)n2)cc1. The molecule has 0 aliphatic carbocycles. The Bertz CT molecular complexity index is 726. The number of benzene rings is 1. The number of hydrogen-bond donors (Lipinski definition) is 2. The summed E-state index contributed by atoms with van der Waals surface area (Å²) in [5.41, 5.74) is 0.889. The number of rotatable bonds is 5. The van der Waals surface area contributed by atoms with Gasteiger partial charge in [0.05, 0.1) is 16.3 Å². The van der Waals surface area contributed by atoms with Gasteiger partial charge >= 0.3 is 0 Å². The molecule has 108 valence electrons. The summed E-state index contributed by atoms with van der Waals surface area (Å²) < 4.78 is 6.10. The second-order valence-corrected chi connectivity index (χ2v) is 6.56. The van der Waals surface area contributed by atoms with Crippen LogP contribution < -0.4 is 10.1 Å². The smallest absolute Gasteiger partial charge is 0.247 e. The molecule has 3 rings (SSSR count). The molecular formula is C13H11ClN4OS2. The zero-order valence-electron chi connectivity index (χ0n) is 11.0. The van der Waals surface area contributed by atoms with Gasteiger partial charge in [-0.25, -0.2) is 0 Å². The van der Waals surface area contributed by atoms with Crippen LogP contribution in [0.4, 0.5) is 11.6 Å². The van der Waals surface area contributed by atoms with Crippen molar-refractivity contribution in [3.63, 3.8) is 0 Å². The fourth-order valence-electron chi connectivity index (χ4n) is 1.59. The molecule has 0 aliphatic rings. The summed E-state index contributed by atoms with van der Waals surface area (Å²) in [6.07, 6.45) is 0. The van der Waals surface area contributed by atoms with E-state index in [0.29, 0.717) is 11.1 Å². The van der Waals surface area contributed by atoms with E-state index in [0.717, 1.165) is 20.7 Å². The Balaban J connectivity index is 1.68. The normalized spacial score (nSPS) is 10.6. The maximum Gasteiger partial charge on any atom is 0.247 e. The molecule has 3 aromatic rings. The second-order valence-electron chi connectivity index (χ2n) is 3.98. The Morgan fingerprint density at radius 2 is 2.10 bits per heavy atom. The number of ether oxygens (including phenoxy) is 1. The minimum absolute atomic E-state index is 0.510. The molecule has 0 saturated carbocycles. The van der Waals surface area contributed by atoms with E-state index in [2.05, 4.69) is 20.5 Å². The first-order valence-electron chi connectivity index (χ1n) is 5.99. The summed E-state index contributed by atoms with van der Waals surface area (Å²) in [6, 6.07) is 9.41. The lowest BCUT2D eigenvalue weighted by Crippen LogP contribution is -1.92. The van der Waals surface area contributed by atoms with Crippen molar-refractivity contribution in [3.8, 4) is 5.75 Å². The predicted molar refractivity (Wildman–Crippen MR) is 86.1 cm³/mol. The first-order valence-corrected chi connectivity index (χ1v) is 8.06. The topological polar surface area (TPSA) is 62.8 Å². The molecule has 0 aliphatic heterocycles. The molecule has 2 aromatic heterocycles. The minimum Gasteiger partial charge on any atom is -0.497 e. The van der Waals surface area contributed by atoms with Gasteiger partial charge in [0.1, 0.15) is 5.75 Å². The molecule has 0 amide bonds. The molecular weight excluding hydrogens is 328 g/mol. The number of H-pyrrole nitrogens is 1. The number of nitrogens with one attached hydrogen (secondary N) is 2. The Labute approximate surface area is 134 Å². The number of thiophene rings is 1. The molecule has 0 spiro atoms. The Hall–Kier alpha value is -1.70. The summed E-state index contributed by atoms with van der Waals surface area (Å²) in [5.74, 6) is 1.31. The predicted octanol–water partition coefficient (Wildman–Crippen LogP) is 4.42. The lowest BCUT2D eigenvalue weighted by Gasteiger charge is -2.03. The van der Waals surface area contributed by atoms with Crippen molar-refractivity contribution in [1.29, 1.82) is 0 Å². The maximum atomic E-state index is 6.05. The van der Waals surface area contributed by atoms with Crippen LogP contribution in [0.3, 0.4) is 0 Å². The van der Waals surface area contributed by atoms with Crippen LogP contribution in [0.15, 0.2) is 45.1 Å². The van der Waals surface area contributed by atoms with Gasteiger partial charge in [0.25, 0.3) is 0 Å². The highest BCUT2D eigenvalue weighted by Gasteiger charge is 2.09. The number of anilines is 2. The number of hydrogen-bond acceptors (Lipinski definition) is 6. The van der Waals surface area contributed by atoms with Crippen LogP contribution in [0.25, 0.3) is 0 Å². The average molecular weight is 339 g/mol. The van der Waals surface area contributed by atoms with Crippen molar-refractivity contribution in [1.82, 2.24) is 15.2 Å². The third-order valence-corrected chi connectivity index (χ3v) is 5.15. The van der Waals surface area contributed by atoms with Crippen LogP contribution >= 0.6 is 34.7 Å². The van der Waals surface area contributed by atoms with E-state index in [-0.39, 0.29) is 0 Å². The molecule has 0 unspecified atom stereocenters. The van der Waals surface area contributed by atoms with Gasteiger partial charge in [0, 0.05) is 5.69 Å². The van der Waals surface area contributed by atoms with Crippen LogP contribution in [0.2, 0.25) is 5.02 Å². The third kappa shape index (κ3) is 3.49. The van der Waals surface area contributed by atoms with Crippen molar-refractivity contribution < 1.29 is 4.74 Å². The van der Waals surface area contributed by atoms with Crippen molar-refractivity contribution in [2.75, 3.05) is 12.4 Å². The highest BCUT2D eigenvalue weighted by atomic mass is 35.5. The molecule has 21 heavy (non-hydrogen) atoms. The average Bonchev–Trinajstić information content (AvgIpc) is 3.10. The Morgan fingerprint density at radius 1 is 1.29 bits per heavy atom. The number of aromatic nitrogens is 3. The molecule has 1 aromatic carbocycles. The first-order chi connectivity index (χ1) is 10.2. The van der Waals surface area contributed by atoms with Gasteiger partial charge in [-0.15, -0.1) is 16.4 Å². The van der Waals surface area contributed by atoms with E-state index in [9.17, 15) is 0 Å². The summed E-state index contributed by atoms with van der Waals surface area (Å²) in [5, 5.41) is 13.5. The molecule has 2 heterocycles. The third-order valence-electron chi connectivity index (χ3n) is 2.58. The van der Waals surface area contributed by atoms with Crippen LogP contribution in [-0.4, -0.2) is 22.3 Å². The number of nitrogens with zero attached hydrogens (tertiary/aromatic N) is 2. The number of aromatic amines is 1. The largest absolute Gasteiger partial charge is 0.497 e. The summed E-state index contributed by atoms with van der Waals surface area (Å²) in [7, 11) is 1.64. The van der Waals surface area contributed by atoms with E-state index in [1.807, 2.05) is 35.7 Å². The van der Waals surface area contributed by atoms with Gasteiger partial charge in [-0.1, -0.05) is 11.6 Å². The molecule has 0 bridgehead atoms. The molecule has 8 heteroatoms. The van der Waals surface area contributed by atoms with Gasteiger partial charge in [-0.05, 0) is 47.5 Å². The zero-order valence-corrected chi connectivity index (χ0v) is 13.4. The molecule has 0 fully saturated rings. The lowest BCUT2D eigenvalue weighted by molar-refractivity contribution is 0.415. The van der Waals surface area contributed by atoms with Crippen LogP contribution in [0, 0.1) is 0 Å². The highest BCUT2D eigenvalue weighted by Crippen LogP contribution is 2.36. The van der Waals surface area contributed by atoms with Crippen molar-refractivity contribution >= 4 is 46.3 Å². The summed E-state index contributed by atoms with van der Waals surface area (Å²) in [4.78, 5) is 4.37. The standard InChI is InChI=1S/C13H11ClN4OS2/c1-19-9-4-2-8(3-5-9)15-12-16-13(18-17-12)21-11-10(14)6-7-20-11/h2-7H,1H3,(H2,15,16,17,18). The molecule has 0 radical (unpaired) electrons. The molecule has 5 nitrogen and oxygen atoms in total. The van der Waals surface area contributed by atoms with E-state index < -0.39 is 0 Å². The van der Waals surface area contributed by atoms with Crippen LogP contribution in [0.5, 0.6) is 5.75 Å². The van der Waals surface area contributed by atoms with Gasteiger partial charge in [0.2, 0.25) is 5.95 Å². The van der Waals surface area contributed by atoms with E-state index in [1.165, 1.54) is 11.8 Å². The van der Waals surface area contributed by atoms with E-state index in [1.54, 1.807) is 18.4 Å². The molecule has 0 saturated heterocycles. The quantitative estimate of drug-likeness (QED) is 0.720. The van der Waals surface area contributed by atoms with Crippen molar-refractivity contribution in [3.05, 3.63) is 40.7 Å². The van der Waals surface area contributed by atoms with Crippen LogP contribution in [0.1, 0.15) is 0 Å². The van der Waals surface area contributed by atoms with Crippen molar-refractivity contribution in [2.45, 2.75) is 9.37 Å². The van der Waals surface area contributed by atoms with Gasteiger partial charge in [-0.3, -0.25) is 5.10 Å². The van der Waals surface area contributed by atoms with E-state index >= 15 is 0 Å². The first kappa shape index (κ1) is 14.2. The highest BCUT2D eigenvalue weighted by molar-refractivity contribution is 8.01. The Kier molecular flexibility index (Phi) is 4.33. The number of halogens is 1. The lowest BCUT2D eigenvalue weighted by atomic mass is 10.3. The van der Waals surface area contributed by atoms with Crippen LogP contribution in [-0.2, 0) is 0 Å². The zero-order chi connectivity index (χ0) is 14.7. The monoisotopic (exact) mass is 338 g/mol. The fourth-order valence-corrected chi connectivity index (χ4v) is 3.65. The van der Waals surface area contributed by atoms with Crippen molar-refractivity contribution in [2.24, 2.45) is 0 Å². The fraction of sp³-hybridized carbons (Fsp3) is 0.0769. The summed E-state index contributed by atoms with van der Waals surface area (Å²) in [6.45, 7) is 0. The van der Waals surface area contributed by atoms with Gasteiger partial charge < -0.3 is 10.1 Å². The summed E-state index contributed by atoms with van der Waals surface area (Å²) >= 11 is 9.08. The number of methoxy groups -OCH3 is 1. The second kappa shape index (κ2) is 6.38. The van der Waals surface area contributed by atoms with E-state index in [4.69, 9.17) is 16.3 Å². The van der Waals surface area contributed by atoms with Gasteiger partial charge in [0.15, 0.2) is 5.16 Å². The maximum absolute atomic E-state index is 6.05. The molecule has 2 N–H and O–H groups in total. The molecule has 0 atom stereocenters.